The predicted molar refractivity (Wildman–Crippen MR) is 127 cm³/mol. The van der Waals surface area contributed by atoms with Gasteiger partial charge in [-0.3, -0.25) is 14.9 Å². The molecule has 1 fully saturated rings. The molecule has 2 aromatic rings. The predicted octanol–water partition coefficient (Wildman–Crippen LogP) is 4.68. The van der Waals surface area contributed by atoms with Crippen molar-refractivity contribution in [3.8, 4) is 0 Å². The number of likely N-dealkylation sites (tertiary alicyclic amines) is 1. The van der Waals surface area contributed by atoms with Crippen molar-refractivity contribution in [2.75, 3.05) is 44.0 Å². The maximum atomic E-state index is 12.9. The van der Waals surface area contributed by atoms with Crippen molar-refractivity contribution >= 4 is 52.5 Å². The molecule has 0 spiro atoms. The topological polar surface area (TPSA) is 97.0 Å². The first-order valence-corrected chi connectivity index (χ1v) is 11.2. The van der Waals surface area contributed by atoms with Gasteiger partial charge in [-0.25, -0.2) is 4.79 Å². The monoisotopic (exact) mass is 493 g/mol. The highest BCUT2D eigenvalue weighted by molar-refractivity contribution is 6.42. The highest BCUT2D eigenvalue weighted by Gasteiger charge is 2.29. The molecule has 1 unspecified atom stereocenters. The van der Waals surface area contributed by atoms with Gasteiger partial charge in [0.2, 0.25) is 5.91 Å². The molecule has 0 bridgehead atoms. The molecule has 10 heteroatoms. The molecule has 2 N–H and O–H groups in total. The third kappa shape index (κ3) is 7.08. The van der Waals surface area contributed by atoms with Gasteiger partial charge in [-0.2, -0.15) is 0 Å². The summed E-state index contributed by atoms with van der Waals surface area (Å²) in [4.78, 5) is 39.2. The van der Waals surface area contributed by atoms with Gasteiger partial charge in [-0.15, -0.1) is 0 Å². The number of amides is 3. The van der Waals surface area contributed by atoms with Gasteiger partial charge in [0.15, 0.2) is 0 Å². The van der Waals surface area contributed by atoms with E-state index in [4.69, 9.17) is 32.7 Å². The fraction of sp³-hybridized carbons (Fsp3) is 0.348. The second kappa shape index (κ2) is 11.9. The molecule has 1 aliphatic heterocycles. The van der Waals surface area contributed by atoms with Crippen LogP contribution in [0.2, 0.25) is 10.0 Å². The molecule has 0 aromatic heterocycles. The molecule has 33 heavy (non-hydrogen) atoms. The standard InChI is InChI=1S/C23H25Cl2N3O5/c1-32-10-11-33-23(31)27-18-6-2-5-17(13-18)26-21(29)16-4-3-9-28(14-16)22(30)15-7-8-19(24)20(25)12-15/h2,5-8,12-13,16H,3-4,9-11,14H2,1H3,(H,26,29)(H,27,31). The number of rotatable bonds is 7. The Balaban J connectivity index is 1.58. The van der Waals surface area contributed by atoms with Gasteiger partial charge in [-0.05, 0) is 49.2 Å². The summed E-state index contributed by atoms with van der Waals surface area (Å²) in [6.45, 7) is 1.30. The summed E-state index contributed by atoms with van der Waals surface area (Å²) in [5.74, 6) is -0.744. The Morgan fingerprint density at radius 1 is 1.03 bits per heavy atom. The van der Waals surface area contributed by atoms with Crippen LogP contribution in [0.5, 0.6) is 0 Å². The maximum absolute atomic E-state index is 12.9. The largest absolute Gasteiger partial charge is 0.447 e. The Kier molecular flexibility index (Phi) is 8.94. The van der Waals surface area contributed by atoms with E-state index in [0.717, 1.165) is 0 Å². The summed E-state index contributed by atoms with van der Waals surface area (Å²) in [7, 11) is 1.52. The number of benzene rings is 2. The number of methoxy groups -OCH3 is 1. The lowest BCUT2D eigenvalue weighted by atomic mass is 9.96. The molecule has 1 heterocycles. The summed E-state index contributed by atoms with van der Waals surface area (Å²) < 4.78 is 9.80. The van der Waals surface area contributed by atoms with Crippen LogP contribution in [-0.4, -0.2) is 56.2 Å². The molecule has 3 amide bonds. The minimum absolute atomic E-state index is 0.137. The number of carbonyl (C=O) groups excluding carboxylic acids is 3. The van der Waals surface area contributed by atoms with E-state index in [9.17, 15) is 14.4 Å². The van der Waals surface area contributed by atoms with Crippen molar-refractivity contribution in [2.45, 2.75) is 12.8 Å². The molecule has 3 rings (SSSR count). The lowest BCUT2D eigenvalue weighted by Crippen LogP contribution is -2.43. The Hall–Kier alpha value is -2.81. The Labute approximate surface area is 202 Å². The zero-order valence-electron chi connectivity index (χ0n) is 18.1. The van der Waals surface area contributed by atoms with Crippen LogP contribution in [0.3, 0.4) is 0 Å². The van der Waals surface area contributed by atoms with Gasteiger partial charge in [-0.1, -0.05) is 29.3 Å². The third-order valence-corrected chi connectivity index (χ3v) is 5.88. The van der Waals surface area contributed by atoms with Crippen LogP contribution in [0, 0.1) is 5.92 Å². The van der Waals surface area contributed by atoms with E-state index in [-0.39, 0.29) is 24.3 Å². The van der Waals surface area contributed by atoms with Crippen molar-refractivity contribution in [3.63, 3.8) is 0 Å². The molecule has 2 aromatic carbocycles. The zero-order valence-corrected chi connectivity index (χ0v) is 19.6. The fourth-order valence-corrected chi connectivity index (χ4v) is 3.78. The van der Waals surface area contributed by atoms with Crippen LogP contribution < -0.4 is 10.6 Å². The van der Waals surface area contributed by atoms with Crippen molar-refractivity contribution in [1.29, 1.82) is 0 Å². The van der Waals surface area contributed by atoms with Crippen LogP contribution in [-0.2, 0) is 14.3 Å². The van der Waals surface area contributed by atoms with Crippen molar-refractivity contribution < 1.29 is 23.9 Å². The highest BCUT2D eigenvalue weighted by Crippen LogP contribution is 2.25. The van der Waals surface area contributed by atoms with E-state index < -0.39 is 6.09 Å². The molecule has 8 nitrogen and oxygen atoms in total. The average Bonchev–Trinajstić information content (AvgIpc) is 2.81. The molecule has 0 radical (unpaired) electrons. The number of halogens is 2. The van der Waals surface area contributed by atoms with E-state index >= 15 is 0 Å². The molecule has 1 atom stereocenters. The molecular formula is C23H25Cl2N3O5. The van der Waals surface area contributed by atoms with Crippen LogP contribution in [0.15, 0.2) is 42.5 Å². The Bertz CT molecular complexity index is 1020. The average molecular weight is 494 g/mol. The number of nitrogens with zero attached hydrogens (tertiary/aromatic N) is 1. The number of hydrogen-bond donors (Lipinski definition) is 2. The normalized spacial score (nSPS) is 15.6. The Morgan fingerprint density at radius 3 is 2.52 bits per heavy atom. The van der Waals surface area contributed by atoms with Gasteiger partial charge in [0.05, 0.1) is 22.6 Å². The lowest BCUT2D eigenvalue weighted by molar-refractivity contribution is -0.121. The molecule has 0 aliphatic carbocycles. The second-order valence-corrected chi connectivity index (χ2v) is 8.36. The SMILES string of the molecule is COCCOC(=O)Nc1cccc(NC(=O)C2CCCN(C(=O)c3ccc(Cl)c(Cl)c3)C2)c1. The molecule has 0 saturated carbocycles. The number of carbonyl (C=O) groups is 3. The van der Waals surface area contributed by atoms with Gasteiger partial charge < -0.3 is 19.7 Å². The molecule has 176 valence electrons. The highest BCUT2D eigenvalue weighted by atomic mass is 35.5. The van der Waals surface area contributed by atoms with Crippen LogP contribution in [0.1, 0.15) is 23.2 Å². The van der Waals surface area contributed by atoms with Gasteiger partial charge in [0.1, 0.15) is 6.61 Å². The third-order valence-electron chi connectivity index (χ3n) is 5.14. The van der Waals surface area contributed by atoms with Gasteiger partial charge in [0.25, 0.3) is 5.91 Å². The minimum atomic E-state index is -0.612. The van der Waals surface area contributed by atoms with Gasteiger partial charge >= 0.3 is 6.09 Å². The number of anilines is 2. The summed E-state index contributed by atoms with van der Waals surface area (Å²) >= 11 is 12.0. The molecule has 1 saturated heterocycles. The second-order valence-electron chi connectivity index (χ2n) is 7.54. The number of ether oxygens (including phenoxy) is 2. The Morgan fingerprint density at radius 2 is 1.79 bits per heavy atom. The summed E-state index contributed by atoms with van der Waals surface area (Å²) in [5.41, 5.74) is 1.44. The van der Waals surface area contributed by atoms with Crippen molar-refractivity contribution in [1.82, 2.24) is 4.90 Å². The van der Waals surface area contributed by atoms with E-state index in [0.29, 0.717) is 59.5 Å². The maximum Gasteiger partial charge on any atom is 0.411 e. The molecular weight excluding hydrogens is 469 g/mol. The zero-order chi connectivity index (χ0) is 23.8. The van der Waals surface area contributed by atoms with E-state index in [1.165, 1.54) is 13.2 Å². The number of piperidine rings is 1. The summed E-state index contributed by atoms with van der Waals surface area (Å²) in [6, 6.07) is 11.5. The fourth-order valence-electron chi connectivity index (χ4n) is 3.48. The van der Waals surface area contributed by atoms with Crippen LogP contribution in [0.25, 0.3) is 0 Å². The first-order chi connectivity index (χ1) is 15.9. The number of nitrogens with one attached hydrogen (secondary N) is 2. The van der Waals surface area contributed by atoms with E-state index in [2.05, 4.69) is 10.6 Å². The number of hydrogen-bond acceptors (Lipinski definition) is 5. The van der Waals surface area contributed by atoms with E-state index in [1.807, 2.05) is 0 Å². The smallest absolute Gasteiger partial charge is 0.411 e. The van der Waals surface area contributed by atoms with Crippen LogP contribution >= 0.6 is 23.2 Å². The van der Waals surface area contributed by atoms with Gasteiger partial charge in [0, 0.05) is 37.1 Å². The quantitative estimate of drug-likeness (QED) is 0.545. The van der Waals surface area contributed by atoms with Crippen molar-refractivity contribution in [2.24, 2.45) is 5.92 Å². The minimum Gasteiger partial charge on any atom is -0.447 e. The first kappa shape index (κ1) is 24.8. The van der Waals surface area contributed by atoms with E-state index in [1.54, 1.807) is 41.3 Å². The van der Waals surface area contributed by atoms with Crippen LogP contribution in [0.4, 0.5) is 16.2 Å². The molecule has 1 aliphatic rings. The summed E-state index contributed by atoms with van der Waals surface area (Å²) in [5, 5.41) is 6.16. The summed E-state index contributed by atoms with van der Waals surface area (Å²) in [6.07, 6.45) is 0.764. The lowest BCUT2D eigenvalue weighted by Gasteiger charge is -2.32. The first-order valence-electron chi connectivity index (χ1n) is 10.5. The van der Waals surface area contributed by atoms with Crippen molar-refractivity contribution in [3.05, 3.63) is 58.1 Å².